The standard InChI is InChI=1S/C19H22O4/c1-15-9-11-17(12-10-15)23-18(19(20)21)14-22-13-5-8-16-6-3-2-4-7-16/h2-4,6-7,9-12,18H,5,8,13-14H2,1H3,(H,20,21). The van der Waals surface area contributed by atoms with Crippen LogP contribution in [-0.2, 0) is 16.0 Å². The van der Waals surface area contributed by atoms with E-state index in [9.17, 15) is 9.90 Å². The average molecular weight is 314 g/mol. The molecule has 4 nitrogen and oxygen atoms in total. The molecule has 1 N–H and O–H groups in total. The molecule has 2 aromatic carbocycles. The van der Waals surface area contributed by atoms with Gasteiger partial charge in [0.25, 0.3) is 0 Å². The SMILES string of the molecule is Cc1ccc(OC(COCCCc2ccccc2)C(=O)O)cc1. The molecular weight excluding hydrogens is 292 g/mol. The van der Waals surface area contributed by atoms with Crippen LogP contribution in [0.25, 0.3) is 0 Å². The third-order valence-electron chi connectivity index (χ3n) is 3.44. The number of aryl methyl sites for hydroxylation is 2. The lowest BCUT2D eigenvalue weighted by molar-refractivity contribution is -0.148. The summed E-state index contributed by atoms with van der Waals surface area (Å²) in [6.07, 6.45) is 0.771. The zero-order valence-electron chi connectivity index (χ0n) is 13.3. The zero-order chi connectivity index (χ0) is 16.5. The van der Waals surface area contributed by atoms with E-state index in [0.29, 0.717) is 12.4 Å². The number of carboxylic acids is 1. The lowest BCUT2D eigenvalue weighted by Crippen LogP contribution is -2.32. The van der Waals surface area contributed by atoms with Crippen LogP contribution in [0.1, 0.15) is 17.5 Å². The number of ether oxygens (including phenoxy) is 2. The number of carboxylic acid groups (broad SMARTS) is 1. The van der Waals surface area contributed by atoms with E-state index < -0.39 is 12.1 Å². The van der Waals surface area contributed by atoms with Crippen molar-refractivity contribution in [1.29, 1.82) is 0 Å². The monoisotopic (exact) mass is 314 g/mol. The Hall–Kier alpha value is -2.33. The van der Waals surface area contributed by atoms with Gasteiger partial charge in [0, 0.05) is 6.61 Å². The summed E-state index contributed by atoms with van der Waals surface area (Å²) in [5.41, 5.74) is 2.35. The first-order chi connectivity index (χ1) is 11.1. The van der Waals surface area contributed by atoms with Gasteiger partial charge in [-0.25, -0.2) is 4.79 Å². The van der Waals surface area contributed by atoms with Gasteiger partial charge in [-0.2, -0.15) is 0 Å². The van der Waals surface area contributed by atoms with Crippen molar-refractivity contribution in [3.8, 4) is 5.75 Å². The molecule has 2 aromatic rings. The highest BCUT2D eigenvalue weighted by atomic mass is 16.5. The maximum atomic E-state index is 11.3. The third kappa shape index (κ3) is 6.12. The first-order valence-electron chi connectivity index (χ1n) is 7.73. The minimum atomic E-state index is -1.02. The Bertz CT molecular complexity index is 593. The predicted molar refractivity (Wildman–Crippen MR) is 88.8 cm³/mol. The summed E-state index contributed by atoms with van der Waals surface area (Å²) in [6.45, 7) is 2.52. The van der Waals surface area contributed by atoms with Gasteiger partial charge in [0.05, 0.1) is 6.61 Å². The average Bonchev–Trinajstić information content (AvgIpc) is 2.56. The van der Waals surface area contributed by atoms with Gasteiger partial charge in [-0.05, 0) is 37.5 Å². The van der Waals surface area contributed by atoms with Crippen molar-refractivity contribution < 1.29 is 19.4 Å². The van der Waals surface area contributed by atoms with E-state index in [1.54, 1.807) is 12.1 Å². The fraction of sp³-hybridized carbons (Fsp3) is 0.316. The Morgan fingerprint density at radius 1 is 1.09 bits per heavy atom. The van der Waals surface area contributed by atoms with E-state index in [1.165, 1.54) is 5.56 Å². The topological polar surface area (TPSA) is 55.8 Å². The molecule has 0 amide bonds. The van der Waals surface area contributed by atoms with Gasteiger partial charge >= 0.3 is 5.97 Å². The van der Waals surface area contributed by atoms with Gasteiger partial charge in [-0.1, -0.05) is 48.0 Å². The molecule has 4 heteroatoms. The highest BCUT2D eigenvalue weighted by Gasteiger charge is 2.19. The van der Waals surface area contributed by atoms with Crippen molar-refractivity contribution >= 4 is 5.97 Å². The Labute approximate surface area is 136 Å². The van der Waals surface area contributed by atoms with Gasteiger partial charge in [0.2, 0.25) is 6.10 Å². The van der Waals surface area contributed by atoms with Crippen LogP contribution in [0.3, 0.4) is 0 Å². The summed E-state index contributed by atoms with van der Waals surface area (Å²) >= 11 is 0. The Kier molecular flexibility index (Phi) is 6.63. The van der Waals surface area contributed by atoms with E-state index in [-0.39, 0.29) is 6.61 Å². The number of benzene rings is 2. The molecule has 0 radical (unpaired) electrons. The fourth-order valence-corrected chi connectivity index (χ4v) is 2.15. The minimum Gasteiger partial charge on any atom is -0.478 e. The molecule has 1 atom stereocenters. The highest BCUT2D eigenvalue weighted by Crippen LogP contribution is 2.14. The van der Waals surface area contributed by atoms with Gasteiger partial charge in [0.15, 0.2) is 0 Å². The van der Waals surface area contributed by atoms with Gasteiger partial charge in [-0.15, -0.1) is 0 Å². The van der Waals surface area contributed by atoms with Crippen LogP contribution >= 0.6 is 0 Å². The third-order valence-corrected chi connectivity index (χ3v) is 3.44. The zero-order valence-corrected chi connectivity index (χ0v) is 13.3. The number of rotatable bonds is 9. The van der Waals surface area contributed by atoms with E-state index in [1.807, 2.05) is 37.3 Å². The van der Waals surface area contributed by atoms with Crippen LogP contribution in [0.2, 0.25) is 0 Å². The highest BCUT2D eigenvalue weighted by molar-refractivity contribution is 5.72. The maximum Gasteiger partial charge on any atom is 0.347 e. The molecule has 1 unspecified atom stereocenters. The molecule has 0 saturated carbocycles. The molecule has 0 aliphatic rings. The van der Waals surface area contributed by atoms with Crippen molar-refractivity contribution in [2.24, 2.45) is 0 Å². The second-order valence-corrected chi connectivity index (χ2v) is 5.42. The predicted octanol–water partition coefficient (Wildman–Crippen LogP) is 3.48. The number of hydrogen-bond donors (Lipinski definition) is 1. The fourth-order valence-electron chi connectivity index (χ4n) is 2.15. The summed E-state index contributed by atoms with van der Waals surface area (Å²) in [6, 6.07) is 17.4. The molecule has 0 saturated heterocycles. The van der Waals surface area contributed by atoms with Crippen LogP contribution in [0, 0.1) is 6.92 Å². The molecular formula is C19H22O4. The lowest BCUT2D eigenvalue weighted by Gasteiger charge is -2.15. The van der Waals surface area contributed by atoms with Crippen LogP contribution in [0.15, 0.2) is 54.6 Å². The molecule has 0 spiro atoms. The Morgan fingerprint density at radius 2 is 1.78 bits per heavy atom. The quantitative estimate of drug-likeness (QED) is 0.720. The second-order valence-electron chi connectivity index (χ2n) is 5.42. The molecule has 0 bridgehead atoms. The van der Waals surface area contributed by atoms with Gasteiger partial charge in [-0.3, -0.25) is 0 Å². The first kappa shape index (κ1) is 17.0. The smallest absolute Gasteiger partial charge is 0.347 e. The van der Waals surface area contributed by atoms with Crippen molar-refractivity contribution in [1.82, 2.24) is 0 Å². The summed E-state index contributed by atoms with van der Waals surface area (Å²) in [7, 11) is 0. The summed E-state index contributed by atoms with van der Waals surface area (Å²) in [4.78, 5) is 11.3. The molecule has 0 aliphatic heterocycles. The van der Waals surface area contributed by atoms with E-state index in [4.69, 9.17) is 9.47 Å². The molecule has 122 valence electrons. The number of hydrogen-bond acceptors (Lipinski definition) is 3. The number of carbonyl (C=O) groups is 1. The normalized spacial score (nSPS) is 11.9. The van der Waals surface area contributed by atoms with Crippen LogP contribution in [0.5, 0.6) is 5.75 Å². The number of aliphatic carboxylic acids is 1. The molecule has 0 aromatic heterocycles. The summed E-state index contributed by atoms with van der Waals surface area (Å²) < 4.78 is 10.9. The first-order valence-corrected chi connectivity index (χ1v) is 7.73. The van der Waals surface area contributed by atoms with Gasteiger partial charge < -0.3 is 14.6 Å². The van der Waals surface area contributed by atoms with Crippen LogP contribution in [0.4, 0.5) is 0 Å². The van der Waals surface area contributed by atoms with E-state index >= 15 is 0 Å². The van der Waals surface area contributed by atoms with Crippen molar-refractivity contribution in [2.45, 2.75) is 25.9 Å². The van der Waals surface area contributed by atoms with Crippen LogP contribution < -0.4 is 4.74 Å². The maximum absolute atomic E-state index is 11.3. The molecule has 23 heavy (non-hydrogen) atoms. The van der Waals surface area contributed by atoms with E-state index in [0.717, 1.165) is 18.4 Å². The Balaban J connectivity index is 1.72. The minimum absolute atomic E-state index is 0.0397. The largest absolute Gasteiger partial charge is 0.478 e. The van der Waals surface area contributed by atoms with Crippen LogP contribution in [-0.4, -0.2) is 30.4 Å². The Morgan fingerprint density at radius 3 is 2.43 bits per heavy atom. The molecule has 0 fully saturated rings. The van der Waals surface area contributed by atoms with Crippen molar-refractivity contribution in [3.05, 3.63) is 65.7 Å². The summed E-state index contributed by atoms with van der Waals surface area (Å²) in [5, 5.41) is 9.22. The molecule has 2 rings (SSSR count). The summed E-state index contributed by atoms with van der Waals surface area (Å²) in [5.74, 6) is -0.482. The van der Waals surface area contributed by atoms with Crippen molar-refractivity contribution in [2.75, 3.05) is 13.2 Å². The molecule has 0 heterocycles. The van der Waals surface area contributed by atoms with Gasteiger partial charge in [0.1, 0.15) is 5.75 Å². The van der Waals surface area contributed by atoms with Crippen molar-refractivity contribution in [3.63, 3.8) is 0 Å². The van der Waals surface area contributed by atoms with E-state index in [2.05, 4.69) is 12.1 Å². The molecule has 0 aliphatic carbocycles. The lowest BCUT2D eigenvalue weighted by atomic mass is 10.1. The second kappa shape index (κ2) is 8.96.